The van der Waals surface area contributed by atoms with Crippen molar-refractivity contribution in [1.82, 2.24) is 10.4 Å². The minimum Gasteiger partial charge on any atom is -0.277 e. The number of thiazole rings is 1. The van der Waals surface area contributed by atoms with E-state index in [1.165, 1.54) is 23.4 Å². The van der Waals surface area contributed by atoms with Crippen molar-refractivity contribution in [3.8, 4) is 0 Å². The number of rotatable bonds is 3. The quantitative estimate of drug-likeness (QED) is 0.563. The van der Waals surface area contributed by atoms with Crippen LogP contribution in [0.2, 0.25) is 0 Å². The molecule has 0 radical (unpaired) electrons. The molecule has 1 aromatic rings. The van der Waals surface area contributed by atoms with E-state index in [2.05, 4.69) is 15.8 Å². The van der Waals surface area contributed by atoms with Crippen molar-refractivity contribution in [2.45, 2.75) is 25.7 Å². The van der Waals surface area contributed by atoms with Gasteiger partial charge in [-0.25, -0.2) is 4.98 Å². The minimum atomic E-state index is 0.611. The third-order valence-electron chi connectivity index (χ3n) is 2.08. The van der Waals surface area contributed by atoms with Crippen molar-refractivity contribution in [2.24, 2.45) is 0 Å². The van der Waals surface area contributed by atoms with E-state index in [1.807, 2.05) is 0 Å². The topological polar surface area (TPSA) is 54.0 Å². The summed E-state index contributed by atoms with van der Waals surface area (Å²) in [7, 11) is 0. The first-order valence-electron chi connectivity index (χ1n) is 4.34. The zero-order chi connectivity index (χ0) is 9.10. The lowest BCUT2D eigenvalue weighted by molar-refractivity contribution is -0.109. The van der Waals surface area contributed by atoms with Crippen molar-refractivity contribution < 1.29 is 4.79 Å². The summed E-state index contributed by atoms with van der Waals surface area (Å²) < 4.78 is 0. The lowest BCUT2D eigenvalue weighted by Gasteiger charge is -2.06. The third-order valence-corrected chi connectivity index (χ3v) is 3.16. The maximum atomic E-state index is 10.0. The van der Waals surface area contributed by atoms with Crippen LogP contribution >= 0.6 is 11.3 Å². The first-order valence-corrected chi connectivity index (χ1v) is 5.15. The summed E-state index contributed by atoms with van der Waals surface area (Å²) in [5.74, 6) is 0. The minimum absolute atomic E-state index is 0.611. The second kappa shape index (κ2) is 3.74. The van der Waals surface area contributed by atoms with Gasteiger partial charge in [0.2, 0.25) is 11.5 Å². The van der Waals surface area contributed by atoms with Crippen LogP contribution < -0.4 is 10.9 Å². The van der Waals surface area contributed by atoms with Crippen LogP contribution in [0.4, 0.5) is 5.13 Å². The number of aromatic nitrogens is 1. The van der Waals surface area contributed by atoms with Crippen molar-refractivity contribution in [2.75, 3.05) is 5.43 Å². The third kappa shape index (κ3) is 1.80. The van der Waals surface area contributed by atoms with Crippen LogP contribution in [0.1, 0.15) is 23.4 Å². The monoisotopic (exact) mass is 197 g/mol. The molecule has 0 unspecified atom stereocenters. The average Bonchev–Trinajstić information content (AvgIpc) is 2.57. The smallest absolute Gasteiger partial charge is 0.225 e. The molecular weight excluding hydrogens is 186 g/mol. The fourth-order valence-corrected chi connectivity index (χ4v) is 2.51. The molecule has 2 N–H and O–H groups in total. The molecule has 0 saturated heterocycles. The van der Waals surface area contributed by atoms with E-state index in [0.717, 1.165) is 18.0 Å². The summed E-state index contributed by atoms with van der Waals surface area (Å²) >= 11 is 1.63. The van der Waals surface area contributed by atoms with Gasteiger partial charge in [0, 0.05) is 4.88 Å². The van der Waals surface area contributed by atoms with Crippen LogP contribution in [0.25, 0.3) is 0 Å². The number of amides is 1. The highest BCUT2D eigenvalue weighted by Gasteiger charge is 2.14. The Kier molecular flexibility index (Phi) is 2.44. The van der Waals surface area contributed by atoms with Crippen molar-refractivity contribution in [1.29, 1.82) is 0 Å². The second-order valence-electron chi connectivity index (χ2n) is 2.98. The normalized spacial score (nSPS) is 14.8. The fourth-order valence-electron chi connectivity index (χ4n) is 1.50. The summed E-state index contributed by atoms with van der Waals surface area (Å²) in [5, 5.41) is 0.791. The summed E-state index contributed by atoms with van der Waals surface area (Å²) in [5.41, 5.74) is 6.33. The maximum absolute atomic E-state index is 10.0. The number of carbonyl (C=O) groups is 1. The van der Waals surface area contributed by atoms with Crippen LogP contribution in [0, 0.1) is 0 Å². The number of hydrogen-bond donors (Lipinski definition) is 2. The van der Waals surface area contributed by atoms with E-state index in [-0.39, 0.29) is 0 Å². The molecule has 1 aromatic heterocycles. The fraction of sp³-hybridized carbons (Fsp3) is 0.500. The van der Waals surface area contributed by atoms with Gasteiger partial charge in [0.15, 0.2) is 0 Å². The summed E-state index contributed by atoms with van der Waals surface area (Å²) in [6.45, 7) is 0. The van der Waals surface area contributed by atoms with Crippen molar-refractivity contribution in [3.05, 3.63) is 10.6 Å². The Balaban J connectivity index is 2.11. The van der Waals surface area contributed by atoms with Crippen LogP contribution in [-0.4, -0.2) is 11.4 Å². The number of carbonyl (C=O) groups excluding carboxylic acids is 1. The van der Waals surface area contributed by atoms with E-state index in [9.17, 15) is 4.79 Å². The predicted octanol–water partition coefficient (Wildman–Crippen LogP) is 1.09. The first-order chi connectivity index (χ1) is 6.40. The summed E-state index contributed by atoms with van der Waals surface area (Å²) in [4.78, 5) is 15.8. The molecule has 13 heavy (non-hydrogen) atoms. The van der Waals surface area contributed by atoms with Gasteiger partial charge in [-0.05, 0) is 25.7 Å². The standard InChI is InChI=1S/C8H11N3OS/c12-5-9-11-8-10-6-3-1-2-4-7(6)13-8/h5H,1-4H2,(H,9,12)(H,10,11). The summed E-state index contributed by atoms with van der Waals surface area (Å²) in [6, 6.07) is 0. The molecule has 1 heterocycles. The Bertz CT molecular complexity index is 287. The van der Waals surface area contributed by atoms with Gasteiger partial charge < -0.3 is 0 Å². The molecule has 0 fully saturated rings. The van der Waals surface area contributed by atoms with Gasteiger partial charge in [0.25, 0.3) is 0 Å². The number of anilines is 1. The molecular formula is C8H11N3OS. The molecule has 0 saturated carbocycles. The molecule has 5 heteroatoms. The largest absolute Gasteiger partial charge is 0.277 e. The van der Waals surface area contributed by atoms with Crippen LogP contribution in [-0.2, 0) is 17.6 Å². The Morgan fingerprint density at radius 3 is 3.00 bits per heavy atom. The lowest BCUT2D eigenvalue weighted by Crippen LogP contribution is -2.18. The number of nitrogens with zero attached hydrogens (tertiary/aromatic N) is 1. The van der Waals surface area contributed by atoms with Crippen LogP contribution in [0.3, 0.4) is 0 Å². The molecule has 0 aromatic carbocycles. The van der Waals surface area contributed by atoms with Crippen molar-refractivity contribution >= 4 is 22.9 Å². The van der Waals surface area contributed by atoms with E-state index < -0.39 is 0 Å². The lowest BCUT2D eigenvalue weighted by atomic mass is 10.0. The number of fused-ring (bicyclic) bond motifs is 1. The first kappa shape index (κ1) is 8.50. The average molecular weight is 197 g/mol. The van der Waals surface area contributed by atoms with Crippen LogP contribution in [0.15, 0.2) is 0 Å². The van der Waals surface area contributed by atoms with Crippen LogP contribution in [0.5, 0.6) is 0 Å². The van der Waals surface area contributed by atoms with E-state index in [0.29, 0.717) is 6.41 Å². The Morgan fingerprint density at radius 2 is 2.23 bits per heavy atom. The number of aryl methyl sites for hydroxylation is 2. The molecule has 0 bridgehead atoms. The molecule has 1 aliphatic carbocycles. The molecule has 70 valence electrons. The van der Waals surface area contributed by atoms with Gasteiger partial charge in [-0.2, -0.15) is 0 Å². The van der Waals surface area contributed by atoms with Gasteiger partial charge in [-0.15, -0.1) is 11.3 Å². The summed E-state index contributed by atoms with van der Waals surface area (Å²) in [6.07, 6.45) is 5.32. The highest BCUT2D eigenvalue weighted by molar-refractivity contribution is 7.15. The molecule has 1 aliphatic rings. The Labute approximate surface area is 80.3 Å². The molecule has 0 aliphatic heterocycles. The van der Waals surface area contributed by atoms with E-state index >= 15 is 0 Å². The molecule has 0 spiro atoms. The van der Waals surface area contributed by atoms with Gasteiger partial charge in [0.05, 0.1) is 5.69 Å². The second-order valence-corrected chi connectivity index (χ2v) is 4.07. The van der Waals surface area contributed by atoms with Gasteiger partial charge in [-0.1, -0.05) is 0 Å². The molecule has 2 rings (SSSR count). The molecule has 4 nitrogen and oxygen atoms in total. The number of hydrazine groups is 1. The predicted molar refractivity (Wildman–Crippen MR) is 51.6 cm³/mol. The van der Waals surface area contributed by atoms with Gasteiger partial charge in [0.1, 0.15) is 0 Å². The van der Waals surface area contributed by atoms with Gasteiger partial charge in [-0.3, -0.25) is 15.6 Å². The molecule has 0 atom stereocenters. The number of nitrogens with one attached hydrogen (secondary N) is 2. The molecule has 1 amide bonds. The van der Waals surface area contributed by atoms with E-state index in [1.54, 1.807) is 11.3 Å². The SMILES string of the molecule is O=CNNc1nc2c(s1)CCCC2. The zero-order valence-corrected chi connectivity index (χ0v) is 7.99. The Morgan fingerprint density at radius 1 is 1.38 bits per heavy atom. The van der Waals surface area contributed by atoms with Gasteiger partial charge >= 0.3 is 0 Å². The van der Waals surface area contributed by atoms with E-state index in [4.69, 9.17) is 0 Å². The maximum Gasteiger partial charge on any atom is 0.225 e. The highest BCUT2D eigenvalue weighted by Crippen LogP contribution is 2.28. The Hall–Kier alpha value is -1.10. The van der Waals surface area contributed by atoms with Crippen molar-refractivity contribution in [3.63, 3.8) is 0 Å². The number of hydrogen-bond acceptors (Lipinski definition) is 4. The highest BCUT2D eigenvalue weighted by atomic mass is 32.1. The zero-order valence-electron chi connectivity index (χ0n) is 7.17.